The minimum Gasteiger partial charge on any atom is -0.337 e. The summed E-state index contributed by atoms with van der Waals surface area (Å²) in [6.45, 7) is 7.22. The van der Waals surface area contributed by atoms with E-state index in [4.69, 9.17) is 5.26 Å². The van der Waals surface area contributed by atoms with Crippen molar-refractivity contribution in [1.82, 2.24) is 19.4 Å². The average Bonchev–Trinajstić information content (AvgIpc) is 2.75. The third-order valence-corrected chi connectivity index (χ3v) is 3.65. The van der Waals surface area contributed by atoms with E-state index in [1.807, 2.05) is 19.4 Å². The van der Waals surface area contributed by atoms with Gasteiger partial charge in [-0.1, -0.05) is 0 Å². The molecule has 98 valence electrons. The van der Waals surface area contributed by atoms with Gasteiger partial charge in [0.05, 0.1) is 12.6 Å². The number of hydrogen-bond acceptors (Lipinski definition) is 4. The van der Waals surface area contributed by atoms with Crippen molar-refractivity contribution in [2.24, 2.45) is 7.05 Å². The maximum Gasteiger partial charge on any atom is 0.122 e. The number of aryl methyl sites for hydroxylation is 1. The number of hydrogen-bond donors (Lipinski definition) is 0. The first-order valence-electron chi connectivity index (χ1n) is 6.50. The first kappa shape index (κ1) is 13.1. The van der Waals surface area contributed by atoms with Crippen molar-refractivity contribution >= 4 is 0 Å². The van der Waals surface area contributed by atoms with E-state index in [0.29, 0.717) is 12.5 Å². The summed E-state index contributed by atoms with van der Waals surface area (Å²) in [5.74, 6) is 1.12. The van der Waals surface area contributed by atoms with Crippen LogP contribution in [0.5, 0.6) is 0 Å². The Kier molecular flexibility index (Phi) is 4.34. The Labute approximate surface area is 109 Å². The minimum atomic E-state index is 0.522. The van der Waals surface area contributed by atoms with Crippen LogP contribution in [0.2, 0.25) is 0 Å². The Hall–Kier alpha value is -1.38. The number of aromatic nitrogens is 2. The smallest absolute Gasteiger partial charge is 0.122 e. The van der Waals surface area contributed by atoms with Gasteiger partial charge < -0.3 is 4.57 Å². The molecule has 1 aromatic heterocycles. The van der Waals surface area contributed by atoms with Gasteiger partial charge in [0.25, 0.3) is 0 Å². The van der Waals surface area contributed by atoms with Gasteiger partial charge in [0.1, 0.15) is 5.82 Å². The van der Waals surface area contributed by atoms with Crippen LogP contribution in [0.3, 0.4) is 0 Å². The topological polar surface area (TPSA) is 48.1 Å². The molecule has 1 aromatic rings. The van der Waals surface area contributed by atoms with E-state index in [-0.39, 0.29) is 0 Å². The molecule has 0 unspecified atom stereocenters. The lowest BCUT2D eigenvalue weighted by Crippen LogP contribution is -2.51. The van der Waals surface area contributed by atoms with Crippen molar-refractivity contribution in [3.8, 4) is 6.07 Å². The molecule has 1 aliphatic heterocycles. The molecule has 0 N–H and O–H groups in total. The Bertz CT molecular complexity index is 419. The fourth-order valence-corrected chi connectivity index (χ4v) is 2.45. The van der Waals surface area contributed by atoms with Crippen LogP contribution in [-0.2, 0) is 13.6 Å². The third kappa shape index (κ3) is 3.09. The van der Waals surface area contributed by atoms with Gasteiger partial charge in [-0.2, -0.15) is 5.26 Å². The van der Waals surface area contributed by atoms with Crippen molar-refractivity contribution < 1.29 is 0 Å². The van der Waals surface area contributed by atoms with Crippen molar-refractivity contribution in [2.45, 2.75) is 25.9 Å². The number of piperazine rings is 1. The SMILES string of the molecule is C[C@H]1CN(CCC#N)CCN1Cc1nccn1C. The van der Waals surface area contributed by atoms with Gasteiger partial charge in [-0.3, -0.25) is 9.80 Å². The Balaban J connectivity index is 1.86. The summed E-state index contributed by atoms with van der Waals surface area (Å²) in [5.41, 5.74) is 0. The molecule has 0 bridgehead atoms. The zero-order valence-electron chi connectivity index (χ0n) is 11.2. The van der Waals surface area contributed by atoms with Crippen LogP contribution < -0.4 is 0 Å². The van der Waals surface area contributed by atoms with Gasteiger partial charge in [0.2, 0.25) is 0 Å². The second kappa shape index (κ2) is 5.98. The summed E-state index contributed by atoms with van der Waals surface area (Å²) in [6, 6.07) is 2.74. The molecule has 1 aliphatic rings. The number of nitriles is 1. The van der Waals surface area contributed by atoms with Crippen molar-refractivity contribution in [2.75, 3.05) is 26.2 Å². The molecule has 5 nitrogen and oxygen atoms in total. The van der Waals surface area contributed by atoms with Crippen LogP contribution in [-0.4, -0.2) is 51.6 Å². The van der Waals surface area contributed by atoms with Gasteiger partial charge in [0.15, 0.2) is 0 Å². The quantitative estimate of drug-likeness (QED) is 0.791. The second-order valence-corrected chi connectivity index (χ2v) is 4.98. The predicted octanol–water partition coefficient (Wildman–Crippen LogP) is 0.840. The largest absolute Gasteiger partial charge is 0.337 e. The van der Waals surface area contributed by atoms with Crippen LogP contribution >= 0.6 is 0 Å². The van der Waals surface area contributed by atoms with E-state index in [1.54, 1.807) is 0 Å². The van der Waals surface area contributed by atoms with Gasteiger partial charge in [-0.25, -0.2) is 4.98 Å². The van der Waals surface area contributed by atoms with E-state index >= 15 is 0 Å². The summed E-state index contributed by atoms with van der Waals surface area (Å²) < 4.78 is 2.08. The Morgan fingerprint density at radius 3 is 2.94 bits per heavy atom. The number of rotatable bonds is 4. The van der Waals surface area contributed by atoms with E-state index in [2.05, 4.69) is 32.3 Å². The maximum absolute atomic E-state index is 8.62. The molecule has 0 aliphatic carbocycles. The highest BCUT2D eigenvalue weighted by Gasteiger charge is 2.24. The van der Waals surface area contributed by atoms with E-state index < -0.39 is 0 Å². The van der Waals surface area contributed by atoms with Gasteiger partial charge in [-0.15, -0.1) is 0 Å². The maximum atomic E-state index is 8.62. The molecule has 0 radical (unpaired) electrons. The van der Waals surface area contributed by atoms with Crippen LogP contribution in [0.4, 0.5) is 0 Å². The summed E-state index contributed by atoms with van der Waals surface area (Å²) in [5, 5.41) is 8.62. The Morgan fingerprint density at radius 1 is 1.50 bits per heavy atom. The molecule has 1 fully saturated rings. The number of nitrogens with zero attached hydrogens (tertiary/aromatic N) is 5. The molecule has 0 saturated carbocycles. The molecule has 1 saturated heterocycles. The molecule has 0 amide bonds. The fourth-order valence-electron chi connectivity index (χ4n) is 2.45. The molecule has 0 aromatic carbocycles. The highest BCUT2D eigenvalue weighted by molar-refractivity contribution is 4.93. The van der Waals surface area contributed by atoms with E-state index in [9.17, 15) is 0 Å². The lowest BCUT2D eigenvalue weighted by Gasteiger charge is -2.39. The summed E-state index contributed by atoms with van der Waals surface area (Å²) in [7, 11) is 2.04. The highest BCUT2D eigenvalue weighted by atomic mass is 15.3. The van der Waals surface area contributed by atoms with Crippen LogP contribution in [0, 0.1) is 11.3 Å². The third-order valence-electron chi connectivity index (χ3n) is 3.65. The molecule has 0 spiro atoms. The van der Waals surface area contributed by atoms with Gasteiger partial charge >= 0.3 is 0 Å². The molecule has 2 rings (SSSR count). The standard InChI is InChI=1S/C13H21N5/c1-12-10-17(6-3-4-14)8-9-18(12)11-13-15-5-7-16(13)2/h5,7,12H,3,6,8-11H2,1-2H3/t12-/m0/s1. The number of imidazole rings is 1. The first-order valence-corrected chi connectivity index (χ1v) is 6.50. The molecular formula is C13H21N5. The van der Waals surface area contributed by atoms with Gasteiger partial charge in [-0.05, 0) is 6.92 Å². The van der Waals surface area contributed by atoms with Crippen molar-refractivity contribution in [3.63, 3.8) is 0 Å². The Morgan fingerprint density at radius 2 is 2.33 bits per heavy atom. The summed E-state index contributed by atoms with van der Waals surface area (Å²) in [6.07, 6.45) is 4.47. The molecule has 18 heavy (non-hydrogen) atoms. The average molecular weight is 247 g/mol. The van der Waals surface area contributed by atoms with E-state index in [0.717, 1.165) is 38.5 Å². The zero-order valence-corrected chi connectivity index (χ0v) is 11.2. The highest BCUT2D eigenvalue weighted by Crippen LogP contribution is 2.12. The van der Waals surface area contributed by atoms with Crippen LogP contribution in [0.25, 0.3) is 0 Å². The lowest BCUT2D eigenvalue weighted by atomic mass is 10.2. The predicted molar refractivity (Wildman–Crippen MR) is 69.8 cm³/mol. The normalized spacial score (nSPS) is 21.9. The lowest BCUT2D eigenvalue weighted by molar-refractivity contribution is 0.0764. The zero-order chi connectivity index (χ0) is 13.0. The molecular weight excluding hydrogens is 226 g/mol. The molecule has 2 heterocycles. The molecule has 5 heteroatoms. The van der Waals surface area contributed by atoms with Crippen molar-refractivity contribution in [3.05, 3.63) is 18.2 Å². The molecule has 1 atom stereocenters. The summed E-state index contributed by atoms with van der Waals surface area (Å²) in [4.78, 5) is 9.22. The second-order valence-electron chi connectivity index (χ2n) is 4.98. The fraction of sp³-hybridized carbons (Fsp3) is 0.692. The minimum absolute atomic E-state index is 0.522. The monoisotopic (exact) mass is 247 g/mol. The first-order chi connectivity index (χ1) is 8.70. The van der Waals surface area contributed by atoms with Crippen LogP contribution in [0.15, 0.2) is 12.4 Å². The van der Waals surface area contributed by atoms with E-state index in [1.165, 1.54) is 0 Å². The van der Waals surface area contributed by atoms with Crippen molar-refractivity contribution in [1.29, 1.82) is 5.26 Å². The van der Waals surface area contributed by atoms with Gasteiger partial charge in [0, 0.05) is 58.1 Å². The van der Waals surface area contributed by atoms with Crippen LogP contribution in [0.1, 0.15) is 19.2 Å². The summed E-state index contributed by atoms with van der Waals surface area (Å²) >= 11 is 0.